The standard InChI is InChI=1S/2C15H10F2NO.2C5H5.Ti/c2*1-10-4-6-14(15-3-2-8-19-15)18(10)13-7-5-11(16)9-12(13)17;2*1-2-4-5-3-1;/h2*2-8H,1H3;2*1-3H,4H2;/q4*-1;+4. The largest absolute Gasteiger partial charge is 4.00 e. The van der Waals surface area contributed by atoms with Gasteiger partial charge in [0.2, 0.25) is 0 Å². The number of aryl methyl sites for hydroxylation is 2. The second kappa shape index (κ2) is 17.9. The Morgan fingerprint density at radius 1 is 0.571 bits per heavy atom. The monoisotopic (exact) mass is 694 g/mol. The van der Waals surface area contributed by atoms with Crippen LogP contribution in [-0.2, 0) is 21.7 Å². The molecule has 0 bridgehead atoms. The van der Waals surface area contributed by atoms with Gasteiger partial charge in [0.25, 0.3) is 0 Å². The molecule has 0 saturated heterocycles. The summed E-state index contributed by atoms with van der Waals surface area (Å²) in [6.07, 6.45) is 23.1. The molecule has 4 heterocycles. The van der Waals surface area contributed by atoms with E-state index in [4.69, 9.17) is 8.83 Å². The summed E-state index contributed by atoms with van der Waals surface area (Å²) in [5.41, 5.74) is 3.56. The molecule has 0 N–H and O–H groups in total. The number of hydrogen-bond acceptors (Lipinski definition) is 2. The van der Waals surface area contributed by atoms with Gasteiger partial charge in [-0.05, 0) is 73.8 Å². The van der Waals surface area contributed by atoms with Crippen molar-refractivity contribution in [1.82, 2.24) is 9.13 Å². The van der Waals surface area contributed by atoms with Crippen LogP contribution in [0.2, 0.25) is 0 Å². The maximum atomic E-state index is 13.9. The van der Waals surface area contributed by atoms with E-state index in [9.17, 15) is 17.6 Å². The minimum Gasteiger partial charge on any atom is -0.463 e. The molecule has 244 valence electrons. The van der Waals surface area contributed by atoms with Gasteiger partial charge in [0.05, 0.1) is 23.9 Å². The number of nitrogens with zero attached hydrogens (tertiary/aromatic N) is 2. The molecule has 6 aromatic rings. The number of rotatable bonds is 4. The van der Waals surface area contributed by atoms with E-state index in [1.54, 1.807) is 45.9 Å². The van der Waals surface area contributed by atoms with E-state index in [0.29, 0.717) is 22.9 Å². The van der Waals surface area contributed by atoms with Crippen LogP contribution in [0.4, 0.5) is 17.6 Å². The van der Waals surface area contributed by atoms with E-state index < -0.39 is 23.3 Å². The van der Waals surface area contributed by atoms with Crippen molar-refractivity contribution in [1.29, 1.82) is 0 Å². The molecule has 0 fully saturated rings. The molecule has 49 heavy (non-hydrogen) atoms. The molecular weight excluding hydrogens is 664 g/mol. The summed E-state index contributed by atoms with van der Waals surface area (Å²) in [5.74, 6) is -1.65. The van der Waals surface area contributed by atoms with Gasteiger partial charge in [-0.3, -0.25) is 12.2 Å². The summed E-state index contributed by atoms with van der Waals surface area (Å²) in [5, 5.41) is 0. The first-order valence-electron chi connectivity index (χ1n) is 15.0. The molecule has 0 saturated carbocycles. The number of allylic oxidation sites excluding steroid dienone is 8. The third kappa shape index (κ3) is 9.53. The molecule has 0 aliphatic heterocycles. The minimum absolute atomic E-state index is 0. The van der Waals surface area contributed by atoms with Crippen molar-refractivity contribution in [2.45, 2.75) is 26.7 Å². The van der Waals surface area contributed by atoms with Crippen LogP contribution in [0, 0.1) is 61.4 Å². The number of halogens is 4. The van der Waals surface area contributed by atoms with Crippen molar-refractivity contribution >= 4 is 0 Å². The summed E-state index contributed by atoms with van der Waals surface area (Å²) in [6, 6.07) is 23.7. The molecule has 2 aliphatic carbocycles. The maximum absolute atomic E-state index is 13.9. The van der Waals surface area contributed by atoms with Gasteiger partial charge in [0.1, 0.15) is 11.5 Å². The molecule has 0 unspecified atom stereocenters. The molecular formula is C40H30F4N2O2Ti. The zero-order valence-electron chi connectivity index (χ0n) is 26.7. The smallest absolute Gasteiger partial charge is 0.463 e. The molecule has 0 spiro atoms. The molecule has 8 rings (SSSR count). The summed E-state index contributed by atoms with van der Waals surface area (Å²) in [7, 11) is 0. The molecule has 4 aromatic heterocycles. The second-order valence-electron chi connectivity index (χ2n) is 10.4. The molecule has 0 atom stereocenters. The van der Waals surface area contributed by atoms with Crippen molar-refractivity contribution in [3.63, 3.8) is 0 Å². The van der Waals surface area contributed by atoms with Crippen molar-refractivity contribution in [3.8, 4) is 34.3 Å². The average molecular weight is 695 g/mol. The third-order valence-electron chi connectivity index (χ3n) is 7.04. The van der Waals surface area contributed by atoms with Gasteiger partial charge in [0.15, 0.2) is 0 Å². The maximum Gasteiger partial charge on any atom is 4.00 e. The number of hydrogen-bond donors (Lipinski definition) is 0. The van der Waals surface area contributed by atoms with Gasteiger partial charge in [0, 0.05) is 34.7 Å². The average Bonchev–Trinajstić information content (AvgIpc) is 3.91. The minimum atomic E-state index is -0.730. The van der Waals surface area contributed by atoms with Crippen LogP contribution in [0.1, 0.15) is 24.2 Å². The van der Waals surface area contributed by atoms with Gasteiger partial charge < -0.3 is 18.0 Å². The summed E-state index contributed by atoms with van der Waals surface area (Å²) >= 11 is 0. The number of benzene rings is 2. The Kier molecular flexibility index (Phi) is 13.5. The van der Waals surface area contributed by atoms with E-state index in [0.717, 1.165) is 24.2 Å². The van der Waals surface area contributed by atoms with Crippen molar-refractivity contribution in [2.24, 2.45) is 0 Å². The first kappa shape index (κ1) is 36.8. The molecule has 2 aromatic carbocycles. The summed E-state index contributed by atoms with van der Waals surface area (Å²) in [6.45, 7) is 3.68. The van der Waals surface area contributed by atoms with Crippen LogP contribution >= 0.6 is 0 Å². The van der Waals surface area contributed by atoms with E-state index >= 15 is 0 Å². The van der Waals surface area contributed by atoms with Crippen LogP contribution in [0.3, 0.4) is 0 Å². The Morgan fingerprint density at radius 2 is 1.00 bits per heavy atom. The Bertz CT molecular complexity index is 1880. The van der Waals surface area contributed by atoms with Gasteiger partial charge in [-0.15, -0.1) is 49.2 Å². The first-order valence-corrected chi connectivity index (χ1v) is 15.0. The summed E-state index contributed by atoms with van der Waals surface area (Å²) in [4.78, 5) is 0. The van der Waals surface area contributed by atoms with Gasteiger partial charge >= 0.3 is 21.7 Å². The summed E-state index contributed by atoms with van der Waals surface area (Å²) < 4.78 is 67.6. The van der Waals surface area contributed by atoms with Gasteiger partial charge in [-0.1, -0.05) is 0 Å². The van der Waals surface area contributed by atoms with E-state index in [2.05, 4.69) is 24.3 Å². The fraction of sp³-hybridized carbons (Fsp3) is 0.100. The Labute approximate surface area is 297 Å². The Hall–Kier alpha value is -5.05. The van der Waals surface area contributed by atoms with Crippen molar-refractivity contribution in [3.05, 3.63) is 181 Å². The second-order valence-corrected chi connectivity index (χ2v) is 10.4. The number of aromatic nitrogens is 2. The van der Waals surface area contributed by atoms with Crippen molar-refractivity contribution < 1.29 is 48.1 Å². The van der Waals surface area contributed by atoms with E-state index in [1.807, 2.05) is 74.5 Å². The van der Waals surface area contributed by atoms with E-state index in [-0.39, 0.29) is 33.1 Å². The van der Waals surface area contributed by atoms with Crippen LogP contribution in [0.5, 0.6) is 0 Å². The molecule has 0 radical (unpaired) electrons. The van der Waals surface area contributed by atoms with Crippen LogP contribution in [0.15, 0.2) is 131 Å². The van der Waals surface area contributed by atoms with Gasteiger partial charge in [-0.25, -0.2) is 41.9 Å². The quantitative estimate of drug-likeness (QED) is 0.105. The van der Waals surface area contributed by atoms with Crippen LogP contribution in [0.25, 0.3) is 34.3 Å². The topological polar surface area (TPSA) is 36.1 Å². The number of furan rings is 2. The van der Waals surface area contributed by atoms with Crippen LogP contribution in [-0.4, -0.2) is 9.13 Å². The molecule has 0 amide bonds. The molecule has 9 heteroatoms. The molecule has 2 aliphatic rings. The predicted octanol–water partition coefficient (Wildman–Crippen LogP) is 10.9. The zero-order valence-corrected chi connectivity index (χ0v) is 28.2. The normalized spacial score (nSPS) is 12.0. The predicted molar refractivity (Wildman–Crippen MR) is 177 cm³/mol. The Balaban J connectivity index is 0.000000169. The molecule has 4 nitrogen and oxygen atoms in total. The first-order chi connectivity index (χ1) is 23.3. The SMILES string of the molecule is Cc1ccc(-c2ccco2)n1-c1ccc(F)[c-]c1F.Cc1ccc(-c2ccco2)n1-c1ccc(F)[c-]c1F.[C-]1=CC=CC1.[C-]1=CC=CC1.[Ti+4]. The van der Waals surface area contributed by atoms with Crippen molar-refractivity contribution in [2.75, 3.05) is 0 Å². The fourth-order valence-electron chi connectivity index (χ4n) is 4.85. The van der Waals surface area contributed by atoms with Gasteiger partial charge in [-0.2, -0.15) is 12.2 Å². The zero-order chi connectivity index (χ0) is 33.9. The van der Waals surface area contributed by atoms with Crippen LogP contribution < -0.4 is 0 Å². The third-order valence-corrected chi connectivity index (χ3v) is 7.04. The van der Waals surface area contributed by atoms with E-state index in [1.165, 1.54) is 24.3 Å². The Morgan fingerprint density at radius 3 is 1.29 bits per heavy atom. The fourth-order valence-corrected chi connectivity index (χ4v) is 4.85.